The quantitative estimate of drug-likeness (QED) is 0.812. The van der Waals surface area contributed by atoms with E-state index in [1.54, 1.807) is 0 Å². The van der Waals surface area contributed by atoms with E-state index in [-0.39, 0.29) is 17.8 Å². The largest absolute Gasteiger partial charge is 0.469 e. The van der Waals surface area contributed by atoms with Crippen molar-refractivity contribution >= 4 is 5.97 Å². The van der Waals surface area contributed by atoms with Crippen molar-refractivity contribution in [1.82, 2.24) is 4.90 Å². The lowest BCUT2D eigenvalue weighted by atomic mass is 9.89. The number of carbonyl (C=O) groups is 1. The van der Waals surface area contributed by atoms with Crippen molar-refractivity contribution in [3.05, 3.63) is 71.8 Å². The summed E-state index contributed by atoms with van der Waals surface area (Å²) in [7, 11) is 1.48. The first-order valence-electron chi connectivity index (χ1n) is 7.67. The number of ether oxygens (including phenoxy) is 1. The molecule has 0 spiro atoms. The van der Waals surface area contributed by atoms with Gasteiger partial charge in [0, 0.05) is 25.6 Å². The number of nitrogens with zero attached hydrogens (tertiary/aromatic N) is 1. The smallest absolute Gasteiger partial charge is 0.310 e. The Morgan fingerprint density at radius 3 is 2.32 bits per heavy atom. The van der Waals surface area contributed by atoms with Crippen LogP contribution in [0.1, 0.15) is 17.0 Å². The monoisotopic (exact) mass is 295 g/mol. The van der Waals surface area contributed by atoms with Gasteiger partial charge in [0.2, 0.25) is 0 Å². The molecule has 3 rings (SSSR count). The summed E-state index contributed by atoms with van der Waals surface area (Å²) in [6.45, 7) is 2.51. The molecular formula is C19H21NO2. The van der Waals surface area contributed by atoms with Crippen molar-refractivity contribution in [2.45, 2.75) is 12.5 Å². The Labute approximate surface area is 131 Å². The molecule has 1 aliphatic heterocycles. The van der Waals surface area contributed by atoms with Gasteiger partial charge in [0.05, 0.1) is 13.0 Å². The van der Waals surface area contributed by atoms with Gasteiger partial charge in [-0.15, -0.1) is 0 Å². The number of methoxy groups -OCH3 is 1. The molecule has 1 unspecified atom stereocenters. The molecule has 2 aromatic carbocycles. The fourth-order valence-electron chi connectivity index (χ4n) is 3.28. The van der Waals surface area contributed by atoms with Crippen LogP contribution in [0.2, 0.25) is 0 Å². The summed E-state index contributed by atoms with van der Waals surface area (Å²) in [5.74, 6) is 0.0119. The summed E-state index contributed by atoms with van der Waals surface area (Å²) in [6.07, 6.45) is 0. The third-order valence-corrected chi connectivity index (χ3v) is 4.38. The molecule has 0 N–H and O–H groups in total. The summed E-state index contributed by atoms with van der Waals surface area (Å²) in [4.78, 5) is 14.5. The molecule has 2 atom stereocenters. The van der Waals surface area contributed by atoms with Gasteiger partial charge in [-0.05, 0) is 11.1 Å². The van der Waals surface area contributed by atoms with Crippen LogP contribution in [0.25, 0.3) is 0 Å². The van der Waals surface area contributed by atoms with E-state index in [4.69, 9.17) is 4.74 Å². The van der Waals surface area contributed by atoms with Gasteiger partial charge in [-0.2, -0.15) is 0 Å². The topological polar surface area (TPSA) is 29.5 Å². The van der Waals surface area contributed by atoms with Gasteiger partial charge in [0.1, 0.15) is 0 Å². The van der Waals surface area contributed by atoms with Crippen molar-refractivity contribution in [3.63, 3.8) is 0 Å². The molecule has 1 heterocycles. The lowest BCUT2D eigenvalue weighted by Gasteiger charge is -2.16. The molecular weight excluding hydrogens is 274 g/mol. The molecule has 1 aliphatic rings. The van der Waals surface area contributed by atoms with Crippen LogP contribution in [0, 0.1) is 5.92 Å². The Kier molecular flexibility index (Phi) is 4.54. The lowest BCUT2D eigenvalue weighted by Crippen LogP contribution is -2.24. The fraction of sp³-hybridized carbons (Fsp3) is 0.316. The number of carbonyl (C=O) groups excluding carboxylic acids is 1. The minimum Gasteiger partial charge on any atom is -0.469 e. The SMILES string of the molecule is COC(=O)C1CN(Cc2ccccc2)C[C@@H]1c1ccccc1. The first-order chi connectivity index (χ1) is 10.8. The van der Waals surface area contributed by atoms with Gasteiger partial charge in [-0.1, -0.05) is 60.7 Å². The summed E-state index contributed by atoms with van der Waals surface area (Å²) in [6, 6.07) is 20.7. The highest BCUT2D eigenvalue weighted by Crippen LogP contribution is 2.34. The van der Waals surface area contributed by atoms with Crippen molar-refractivity contribution in [2.24, 2.45) is 5.92 Å². The van der Waals surface area contributed by atoms with E-state index in [0.717, 1.165) is 19.6 Å². The standard InChI is InChI=1S/C19H21NO2/c1-22-19(21)18-14-20(12-15-8-4-2-5-9-15)13-17(18)16-10-6-3-7-11-16/h2-11,17-18H,12-14H2,1H3/t17-,18?/m1/s1. The number of hydrogen-bond acceptors (Lipinski definition) is 3. The van der Waals surface area contributed by atoms with E-state index < -0.39 is 0 Å². The zero-order valence-corrected chi connectivity index (χ0v) is 12.8. The molecule has 114 valence electrons. The maximum atomic E-state index is 12.1. The number of esters is 1. The summed E-state index contributed by atoms with van der Waals surface area (Å²) < 4.78 is 5.02. The van der Waals surface area contributed by atoms with Crippen LogP contribution in [0.5, 0.6) is 0 Å². The van der Waals surface area contributed by atoms with Crippen LogP contribution in [0.4, 0.5) is 0 Å². The highest BCUT2D eigenvalue weighted by Gasteiger charge is 2.38. The second kappa shape index (κ2) is 6.75. The van der Waals surface area contributed by atoms with Crippen molar-refractivity contribution < 1.29 is 9.53 Å². The van der Waals surface area contributed by atoms with E-state index in [9.17, 15) is 4.79 Å². The first kappa shape index (κ1) is 14.8. The Morgan fingerprint density at radius 2 is 1.68 bits per heavy atom. The Bertz CT molecular complexity index is 612. The van der Waals surface area contributed by atoms with Crippen LogP contribution in [0.3, 0.4) is 0 Å². The molecule has 3 nitrogen and oxygen atoms in total. The minimum absolute atomic E-state index is 0.0869. The number of likely N-dealkylation sites (tertiary alicyclic amines) is 1. The molecule has 3 heteroatoms. The summed E-state index contributed by atoms with van der Waals surface area (Å²) >= 11 is 0. The predicted octanol–water partition coefficient (Wildman–Crippen LogP) is 3.08. The Morgan fingerprint density at radius 1 is 1.05 bits per heavy atom. The minimum atomic E-state index is -0.107. The van der Waals surface area contributed by atoms with Gasteiger partial charge < -0.3 is 4.74 Å². The van der Waals surface area contributed by atoms with Crippen LogP contribution < -0.4 is 0 Å². The molecule has 0 aliphatic carbocycles. The normalized spacial score (nSPS) is 21.7. The van der Waals surface area contributed by atoms with Crippen LogP contribution in [0.15, 0.2) is 60.7 Å². The average molecular weight is 295 g/mol. The fourth-order valence-corrected chi connectivity index (χ4v) is 3.28. The number of hydrogen-bond donors (Lipinski definition) is 0. The van der Waals surface area contributed by atoms with Gasteiger partial charge >= 0.3 is 5.97 Å². The Balaban J connectivity index is 1.78. The van der Waals surface area contributed by atoms with E-state index in [2.05, 4.69) is 41.3 Å². The third-order valence-electron chi connectivity index (χ3n) is 4.38. The van der Waals surface area contributed by atoms with Crippen LogP contribution >= 0.6 is 0 Å². The van der Waals surface area contributed by atoms with Gasteiger partial charge in [-0.25, -0.2) is 0 Å². The average Bonchev–Trinajstić information content (AvgIpc) is 3.00. The van der Waals surface area contributed by atoms with Crippen molar-refractivity contribution in [3.8, 4) is 0 Å². The highest BCUT2D eigenvalue weighted by molar-refractivity contribution is 5.74. The van der Waals surface area contributed by atoms with Gasteiger partial charge in [-0.3, -0.25) is 9.69 Å². The molecule has 2 aromatic rings. The van der Waals surface area contributed by atoms with E-state index in [1.807, 2.05) is 24.3 Å². The maximum Gasteiger partial charge on any atom is 0.310 e. The predicted molar refractivity (Wildman–Crippen MR) is 86.4 cm³/mol. The lowest BCUT2D eigenvalue weighted by molar-refractivity contribution is -0.145. The molecule has 1 saturated heterocycles. The molecule has 0 saturated carbocycles. The van der Waals surface area contributed by atoms with Crippen LogP contribution in [-0.4, -0.2) is 31.1 Å². The highest BCUT2D eigenvalue weighted by atomic mass is 16.5. The number of benzene rings is 2. The van der Waals surface area contributed by atoms with Crippen molar-refractivity contribution in [1.29, 1.82) is 0 Å². The molecule has 0 bridgehead atoms. The second-order valence-corrected chi connectivity index (χ2v) is 5.83. The third kappa shape index (κ3) is 3.20. The first-order valence-corrected chi connectivity index (χ1v) is 7.67. The van der Waals surface area contributed by atoms with E-state index >= 15 is 0 Å². The van der Waals surface area contributed by atoms with Crippen molar-refractivity contribution in [2.75, 3.05) is 20.2 Å². The van der Waals surface area contributed by atoms with E-state index in [0.29, 0.717) is 0 Å². The van der Waals surface area contributed by atoms with Gasteiger partial charge in [0.25, 0.3) is 0 Å². The second-order valence-electron chi connectivity index (χ2n) is 5.83. The van der Waals surface area contributed by atoms with Crippen LogP contribution in [-0.2, 0) is 16.1 Å². The zero-order chi connectivity index (χ0) is 15.4. The Hall–Kier alpha value is -2.13. The number of rotatable bonds is 4. The molecule has 0 amide bonds. The molecule has 0 radical (unpaired) electrons. The maximum absolute atomic E-state index is 12.1. The molecule has 22 heavy (non-hydrogen) atoms. The summed E-state index contributed by atoms with van der Waals surface area (Å²) in [5, 5.41) is 0. The van der Waals surface area contributed by atoms with E-state index in [1.165, 1.54) is 18.2 Å². The zero-order valence-electron chi connectivity index (χ0n) is 12.8. The molecule has 0 aromatic heterocycles. The van der Waals surface area contributed by atoms with Gasteiger partial charge in [0.15, 0.2) is 0 Å². The summed E-state index contributed by atoms with van der Waals surface area (Å²) in [5.41, 5.74) is 2.49. The molecule has 1 fully saturated rings.